The van der Waals surface area contributed by atoms with E-state index in [1.54, 1.807) is 12.1 Å². The van der Waals surface area contributed by atoms with Gasteiger partial charge in [-0.15, -0.1) is 11.8 Å². The third kappa shape index (κ3) is 5.99. The fourth-order valence-corrected chi connectivity index (χ4v) is 3.10. The number of nitrogen functional groups attached to an aromatic ring is 1. The van der Waals surface area contributed by atoms with Gasteiger partial charge < -0.3 is 21.5 Å². The maximum absolute atomic E-state index is 13.0. The van der Waals surface area contributed by atoms with Crippen molar-refractivity contribution in [2.45, 2.75) is 24.4 Å². The minimum absolute atomic E-state index is 0.0885. The van der Waals surface area contributed by atoms with Gasteiger partial charge in [-0.3, -0.25) is 14.6 Å². The second-order valence-corrected chi connectivity index (χ2v) is 6.54. The molecule has 0 fully saturated rings. The summed E-state index contributed by atoms with van der Waals surface area (Å²) in [6.45, 7) is 1.45. The highest BCUT2D eigenvalue weighted by molar-refractivity contribution is 7.99. The van der Waals surface area contributed by atoms with Crippen LogP contribution in [0.1, 0.15) is 12.5 Å². The Morgan fingerprint density at radius 1 is 1.37 bits per heavy atom. The van der Waals surface area contributed by atoms with Gasteiger partial charge in [0.15, 0.2) is 0 Å². The van der Waals surface area contributed by atoms with Gasteiger partial charge in [0, 0.05) is 19.2 Å². The van der Waals surface area contributed by atoms with Crippen molar-refractivity contribution in [3.63, 3.8) is 0 Å². The van der Waals surface area contributed by atoms with E-state index in [-0.39, 0.29) is 34.8 Å². The maximum atomic E-state index is 13.0. The fourth-order valence-electron chi connectivity index (χ4n) is 2.11. The van der Waals surface area contributed by atoms with Crippen molar-refractivity contribution >= 4 is 35.4 Å². The van der Waals surface area contributed by atoms with E-state index in [1.165, 1.54) is 19.1 Å². The second kappa shape index (κ2) is 9.03. The highest BCUT2D eigenvalue weighted by Crippen LogP contribution is 2.23. The first-order chi connectivity index (χ1) is 12.8. The van der Waals surface area contributed by atoms with E-state index >= 15 is 0 Å². The lowest BCUT2D eigenvalue weighted by atomic mass is 10.2. The number of aromatic nitrogens is 2. The first kappa shape index (κ1) is 20.2. The summed E-state index contributed by atoms with van der Waals surface area (Å²) in [5.41, 5.74) is 5.77. The molecule has 6 N–H and O–H groups in total. The van der Waals surface area contributed by atoms with E-state index in [0.717, 1.165) is 17.3 Å². The smallest absolute Gasteiger partial charge is 0.327 e. The number of halogens is 1. The van der Waals surface area contributed by atoms with Crippen LogP contribution in [-0.2, 0) is 16.1 Å². The Morgan fingerprint density at radius 3 is 2.63 bits per heavy atom. The lowest BCUT2D eigenvalue weighted by Gasteiger charge is -2.14. The Hall–Kier alpha value is -3.08. The number of nitrogens with two attached hydrogens (primary N) is 1. The van der Waals surface area contributed by atoms with Gasteiger partial charge in [-0.2, -0.15) is 4.98 Å². The Balaban J connectivity index is 2.17. The van der Waals surface area contributed by atoms with E-state index in [1.807, 2.05) is 0 Å². The minimum atomic E-state index is -1.22. The van der Waals surface area contributed by atoms with Gasteiger partial charge in [0.2, 0.25) is 11.9 Å². The summed E-state index contributed by atoms with van der Waals surface area (Å²) >= 11 is 0.919. The molecule has 2 rings (SSSR count). The average molecular weight is 395 g/mol. The molecule has 9 nitrogen and oxygen atoms in total. The number of carboxylic acids is 1. The molecule has 0 bridgehead atoms. The van der Waals surface area contributed by atoms with Gasteiger partial charge in [-0.25, -0.2) is 9.18 Å². The standard InChI is InChI=1S/C16H18FN5O4S/c1-8(23)20-11(15(25)26)7-27-12-13(21-16(18)22-14(12)24)19-6-9-2-4-10(17)5-3-9/h2-5,11H,6-7H2,1H3,(H,20,23)(H,25,26)(H4,18,19,21,22,24). The lowest BCUT2D eigenvalue weighted by Crippen LogP contribution is -2.41. The van der Waals surface area contributed by atoms with E-state index in [9.17, 15) is 18.8 Å². The summed E-state index contributed by atoms with van der Waals surface area (Å²) in [5.74, 6) is -2.12. The molecule has 0 saturated heterocycles. The van der Waals surface area contributed by atoms with Gasteiger partial charge in [-0.1, -0.05) is 12.1 Å². The van der Waals surface area contributed by atoms with Crippen molar-refractivity contribution in [1.82, 2.24) is 15.3 Å². The van der Waals surface area contributed by atoms with Crippen LogP contribution < -0.4 is 21.9 Å². The zero-order valence-corrected chi connectivity index (χ0v) is 15.1. The normalized spacial score (nSPS) is 11.6. The molecule has 2 aromatic rings. The van der Waals surface area contributed by atoms with E-state index in [2.05, 4.69) is 20.6 Å². The van der Waals surface area contributed by atoms with Crippen molar-refractivity contribution < 1.29 is 19.1 Å². The van der Waals surface area contributed by atoms with Crippen LogP contribution in [0.5, 0.6) is 0 Å². The van der Waals surface area contributed by atoms with Gasteiger partial charge in [0.05, 0.1) is 0 Å². The molecule has 1 aromatic heterocycles. The number of rotatable bonds is 8. The Bertz CT molecular complexity index is 887. The third-order valence-corrected chi connectivity index (χ3v) is 4.51. The molecule has 1 aromatic carbocycles. The number of carboxylic acid groups (broad SMARTS) is 1. The van der Waals surface area contributed by atoms with Gasteiger partial charge in [0.1, 0.15) is 22.6 Å². The lowest BCUT2D eigenvalue weighted by molar-refractivity contribution is -0.140. The maximum Gasteiger partial charge on any atom is 0.327 e. The Kier molecular flexibility index (Phi) is 6.77. The summed E-state index contributed by atoms with van der Waals surface area (Å²) in [6.07, 6.45) is 0. The van der Waals surface area contributed by atoms with Crippen molar-refractivity contribution in [3.05, 3.63) is 46.0 Å². The molecule has 0 spiro atoms. The number of thioether (sulfide) groups is 1. The summed E-state index contributed by atoms with van der Waals surface area (Å²) in [5, 5.41) is 14.4. The zero-order chi connectivity index (χ0) is 20.0. The van der Waals surface area contributed by atoms with Crippen molar-refractivity contribution in [1.29, 1.82) is 0 Å². The average Bonchev–Trinajstić information content (AvgIpc) is 2.58. The number of carbonyl (C=O) groups excluding carboxylic acids is 1. The molecule has 144 valence electrons. The van der Waals surface area contributed by atoms with Crippen LogP contribution in [0.4, 0.5) is 16.2 Å². The number of anilines is 2. The first-order valence-corrected chi connectivity index (χ1v) is 8.75. The number of carbonyl (C=O) groups is 2. The topological polar surface area (TPSA) is 150 Å². The molecule has 0 aliphatic heterocycles. The van der Waals surface area contributed by atoms with Crippen LogP contribution in [0, 0.1) is 5.82 Å². The summed E-state index contributed by atoms with van der Waals surface area (Å²) < 4.78 is 13.0. The summed E-state index contributed by atoms with van der Waals surface area (Å²) in [6, 6.07) is 4.58. The molecule has 11 heteroatoms. The largest absolute Gasteiger partial charge is 0.480 e. The number of benzene rings is 1. The van der Waals surface area contributed by atoms with Crippen molar-refractivity contribution in [3.8, 4) is 0 Å². The highest BCUT2D eigenvalue weighted by Gasteiger charge is 2.21. The number of aliphatic carboxylic acids is 1. The zero-order valence-electron chi connectivity index (χ0n) is 14.3. The molecular weight excluding hydrogens is 377 g/mol. The molecule has 0 saturated carbocycles. The predicted octanol–water partition coefficient (Wildman–Crippen LogP) is 0.785. The molecule has 1 atom stereocenters. The molecule has 0 aliphatic rings. The van der Waals surface area contributed by atoms with E-state index in [0.29, 0.717) is 0 Å². The molecule has 1 amide bonds. The van der Waals surface area contributed by atoms with Crippen LogP contribution in [0.3, 0.4) is 0 Å². The molecule has 1 unspecified atom stereocenters. The van der Waals surface area contributed by atoms with Gasteiger partial charge in [-0.05, 0) is 17.7 Å². The Morgan fingerprint density at radius 2 is 2.04 bits per heavy atom. The fraction of sp³-hybridized carbons (Fsp3) is 0.250. The molecular formula is C16H18FN5O4S. The van der Waals surface area contributed by atoms with Crippen LogP contribution in [0.2, 0.25) is 0 Å². The number of hydrogen-bond donors (Lipinski definition) is 5. The number of H-pyrrole nitrogens is 1. The van der Waals surface area contributed by atoms with Crippen LogP contribution in [0.25, 0.3) is 0 Å². The minimum Gasteiger partial charge on any atom is -0.480 e. The first-order valence-electron chi connectivity index (χ1n) is 7.77. The molecule has 0 aliphatic carbocycles. The Labute approximate surface area is 157 Å². The van der Waals surface area contributed by atoms with Gasteiger partial charge >= 0.3 is 5.97 Å². The monoisotopic (exact) mass is 395 g/mol. The van der Waals surface area contributed by atoms with Gasteiger partial charge in [0.25, 0.3) is 5.56 Å². The highest BCUT2D eigenvalue weighted by atomic mass is 32.2. The van der Waals surface area contributed by atoms with Crippen molar-refractivity contribution in [2.24, 2.45) is 0 Å². The van der Waals surface area contributed by atoms with Crippen LogP contribution in [0.15, 0.2) is 34.0 Å². The number of aromatic amines is 1. The number of nitrogens with zero attached hydrogens (tertiary/aromatic N) is 1. The van der Waals surface area contributed by atoms with E-state index < -0.39 is 23.5 Å². The third-order valence-electron chi connectivity index (χ3n) is 3.34. The van der Waals surface area contributed by atoms with E-state index in [4.69, 9.17) is 10.8 Å². The van der Waals surface area contributed by atoms with Crippen LogP contribution in [-0.4, -0.2) is 38.7 Å². The molecule has 1 heterocycles. The second-order valence-electron chi connectivity index (χ2n) is 5.51. The number of amides is 1. The van der Waals surface area contributed by atoms with Crippen molar-refractivity contribution in [2.75, 3.05) is 16.8 Å². The predicted molar refractivity (Wildman–Crippen MR) is 99.0 cm³/mol. The number of nitrogens with one attached hydrogen (secondary N) is 3. The molecule has 0 radical (unpaired) electrons. The number of hydrogen-bond acceptors (Lipinski definition) is 7. The summed E-state index contributed by atoms with van der Waals surface area (Å²) in [4.78, 5) is 41.0. The van der Waals surface area contributed by atoms with Crippen LogP contribution >= 0.6 is 11.8 Å². The SMILES string of the molecule is CC(=O)NC(CSc1c(NCc2ccc(F)cc2)nc(N)[nH]c1=O)C(=O)O. The summed E-state index contributed by atoms with van der Waals surface area (Å²) in [7, 11) is 0. The molecule has 27 heavy (non-hydrogen) atoms. The quantitative estimate of drug-likeness (QED) is 0.412.